The number of allylic oxidation sites excluding steroid dienone is 2. The second kappa shape index (κ2) is 8.29. The highest BCUT2D eigenvalue weighted by molar-refractivity contribution is 7.92. The molecule has 0 bridgehead atoms. The molecule has 0 aliphatic heterocycles. The average Bonchev–Trinajstić information content (AvgIpc) is 3.33. The number of Topliss-reactive ketones (excluding diaryl/α,β-unsaturated/α-hetero) is 1. The molecule has 0 saturated heterocycles. The Kier molecular flexibility index (Phi) is 5.53. The number of esters is 1. The van der Waals surface area contributed by atoms with Gasteiger partial charge in [-0.25, -0.2) is 4.79 Å². The molecule has 3 aromatic rings. The number of thiophene rings is 1. The van der Waals surface area contributed by atoms with Crippen LogP contribution in [0.2, 0.25) is 0 Å². The lowest BCUT2D eigenvalue weighted by Gasteiger charge is -2.18. The van der Waals surface area contributed by atoms with Crippen LogP contribution in [-0.4, -0.2) is 33.0 Å². The van der Waals surface area contributed by atoms with Gasteiger partial charge in [0.25, 0.3) is 10.0 Å². The van der Waals surface area contributed by atoms with E-state index in [1.807, 2.05) is 0 Å². The van der Waals surface area contributed by atoms with Crippen molar-refractivity contribution < 1.29 is 22.7 Å². The molecule has 9 heteroatoms. The van der Waals surface area contributed by atoms with Crippen LogP contribution >= 0.6 is 11.3 Å². The van der Waals surface area contributed by atoms with Gasteiger partial charge in [-0.15, -0.1) is 11.3 Å². The predicted octanol–water partition coefficient (Wildman–Crippen LogP) is 3.91. The second-order valence-electron chi connectivity index (χ2n) is 6.51. The lowest BCUT2D eigenvalue weighted by molar-refractivity contribution is 0.0600. The molecule has 1 aromatic heterocycles. The zero-order valence-corrected chi connectivity index (χ0v) is 17.9. The van der Waals surface area contributed by atoms with Crippen molar-refractivity contribution in [3.63, 3.8) is 0 Å². The summed E-state index contributed by atoms with van der Waals surface area (Å²) in [6.45, 7) is 0. The van der Waals surface area contributed by atoms with Gasteiger partial charge in [0.05, 0.1) is 24.1 Å². The van der Waals surface area contributed by atoms with Crippen molar-refractivity contribution in [2.45, 2.75) is 4.21 Å². The van der Waals surface area contributed by atoms with E-state index in [9.17, 15) is 18.0 Å². The van der Waals surface area contributed by atoms with Crippen LogP contribution in [0.3, 0.4) is 0 Å². The number of nitrogens with zero attached hydrogens (tertiary/aromatic N) is 1. The molecule has 0 radical (unpaired) electrons. The highest BCUT2D eigenvalue weighted by Gasteiger charge is 2.26. The highest BCUT2D eigenvalue weighted by Crippen LogP contribution is 2.26. The summed E-state index contributed by atoms with van der Waals surface area (Å²) >= 11 is 1.07. The number of anilines is 1. The molecule has 1 heterocycles. The Bertz CT molecular complexity index is 1320. The maximum atomic E-state index is 13.0. The van der Waals surface area contributed by atoms with Gasteiger partial charge in [-0.1, -0.05) is 30.3 Å². The topological polar surface area (TPSA) is 102 Å². The molecule has 1 aliphatic carbocycles. The summed E-state index contributed by atoms with van der Waals surface area (Å²) in [6.07, 6.45) is 1.42. The third-order valence-corrected chi connectivity index (χ3v) is 7.19. The Hall–Kier alpha value is -3.56. The van der Waals surface area contributed by atoms with Crippen LogP contribution in [0.25, 0.3) is 0 Å². The minimum atomic E-state index is -3.92. The second-order valence-corrected chi connectivity index (χ2v) is 9.29. The molecule has 0 atom stereocenters. The molecule has 2 aromatic carbocycles. The van der Waals surface area contributed by atoms with Gasteiger partial charge >= 0.3 is 5.97 Å². The molecule has 0 unspecified atom stereocenters. The van der Waals surface area contributed by atoms with Crippen LogP contribution in [0.1, 0.15) is 26.3 Å². The van der Waals surface area contributed by atoms with Crippen molar-refractivity contribution in [2.75, 3.05) is 12.4 Å². The summed E-state index contributed by atoms with van der Waals surface area (Å²) in [5, 5.41) is 4.65. The van der Waals surface area contributed by atoms with Gasteiger partial charge in [-0.05, 0) is 41.8 Å². The van der Waals surface area contributed by atoms with Crippen LogP contribution in [0.15, 0.2) is 86.4 Å². The zero-order chi connectivity index (χ0) is 22.0. The summed E-state index contributed by atoms with van der Waals surface area (Å²) in [4.78, 5) is 24.6. The van der Waals surface area contributed by atoms with E-state index in [-0.39, 0.29) is 21.4 Å². The lowest BCUT2D eigenvalue weighted by atomic mass is 9.92. The average molecular weight is 453 g/mol. The number of hydrogen-bond donors (Lipinski definition) is 1. The smallest absolute Gasteiger partial charge is 0.337 e. The summed E-state index contributed by atoms with van der Waals surface area (Å²) in [5.41, 5.74) is 2.04. The first kappa shape index (κ1) is 20.7. The lowest BCUT2D eigenvalue weighted by Crippen LogP contribution is -2.22. The minimum Gasteiger partial charge on any atom is -0.465 e. The third kappa shape index (κ3) is 4.18. The van der Waals surface area contributed by atoms with E-state index in [1.165, 1.54) is 19.3 Å². The first-order valence-corrected chi connectivity index (χ1v) is 11.4. The number of carbonyl (C=O) groups is 2. The van der Waals surface area contributed by atoms with Crippen molar-refractivity contribution in [3.05, 3.63) is 94.5 Å². The fourth-order valence-corrected chi connectivity index (χ4v) is 5.01. The van der Waals surface area contributed by atoms with Gasteiger partial charge in [-0.3, -0.25) is 4.79 Å². The summed E-state index contributed by atoms with van der Waals surface area (Å²) < 4.78 is 34.2. The first-order valence-electron chi connectivity index (χ1n) is 9.09. The van der Waals surface area contributed by atoms with E-state index in [0.717, 1.165) is 11.3 Å². The quantitative estimate of drug-likeness (QED) is 0.589. The SMILES string of the molecule is COC(=O)c1ccc(NC2=C/C(=N/S(=O)(=O)c3cccs3)c3ccccc3C2=O)cc1. The summed E-state index contributed by atoms with van der Waals surface area (Å²) in [7, 11) is -2.63. The van der Waals surface area contributed by atoms with Crippen LogP contribution < -0.4 is 5.32 Å². The normalized spacial score (nSPS) is 14.7. The van der Waals surface area contributed by atoms with E-state index in [0.29, 0.717) is 22.4 Å². The monoisotopic (exact) mass is 452 g/mol. The van der Waals surface area contributed by atoms with Crippen LogP contribution in [-0.2, 0) is 14.8 Å². The minimum absolute atomic E-state index is 0.121. The molecule has 1 N–H and O–H groups in total. The summed E-state index contributed by atoms with van der Waals surface area (Å²) in [6, 6.07) is 16.2. The van der Waals surface area contributed by atoms with E-state index >= 15 is 0 Å². The molecule has 0 saturated carbocycles. The number of fused-ring (bicyclic) bond motifs is 1. The third-order valence-electron chi connectivity index (χ3n) is 4.53. The molecule has 0 amide bonds. The van der Waals surface area contributed by atoms with Gasteiger partial charge in [0.15, 0.2) is 0 Å². The van der Waals surface area contributed by atoms with Crippen molar-refractivity contribution in [3.8, 4) is 0 Å². The van der Waals surface area contributed by atoms with Gasteiger partial charge in [0.2, 0.25) is 5.78 Å². The van der Waals surface area contributed by atoms with Gasteiger partial charge in [0.1, 0.15) is 4.21 Å². The maximum absolute atomic E-state index is 13.0. The van der Waals surface area contributed by atoms with Gasteiger partial charge < -0.3 is 10.1 Å². The van der Waals surface area contributed by atoms with Crippen molar-refractivity contribution in [1.82, 2.24) is 0 Å². The van der Waals surface area contributed by atoms with Crippen LogP contribution in [0.5, 0.6) is 0 Å². The Morgan fingerprint density at radius 2 is 1.71 bits per heavy atom. The maximum Gasteiger partial charge on any atom is 0.337 e. The number of methoxy groups -OCH3 is 1. The summed E-state index contributed by atoms with van der Waals surface area (Å²) in [5.74, 6) is -0.762. The Morgan fingerprint density at radius 1 is 1.00 bits per heavy atom. The predicted molar refractivity (Wildman–Crippen MR) is 118 cm³/mol. The molecular weight excluding hydrogens is 436 g/mol. The van der Waals surface area contributed by atoms with Gasteiger partial charge in [-0.2, -0.15) is 12.8 Å². The van der Waals surface area contributed by atoms with Crippen molar-refractivity contribution in [2.24, 2.45) is 4.40 Å². The van der Waals surface area contributed by atoms with Crippen LogP contribution in [0, 0.1) is 0 Å². The van der Waals surface area contributed by atoms with E-state index in [1.54, 1.807) is 60.0 Å². The van der Waals surface area contributed by atoms with E-state index in [2.05, 4.69) is 14.5 Å². The number of hydrogen-bond acceptors (Lipinski definition) is 7. The van der Waals surface area contributed by atoms with Gasteiger partial charge in [0, 0.05) is 16.8 Å². The number of carbonyl (C=O) groups excluding carboxylic acids is 2. The molecular formula is C22H16N2O5S2. The van der Waals surface area contributed by atoms with E-state index < -0.39 is 16.0 Å². The number of nitrogens with one attached hydrogen (secondary N) is 1. The molecule has 1 aliphatic rings. The Morgan fingerprint density at radius 3 is 2.35 bits per heavy atom. The number of rotatable bonds is 5. The number of benzene rings is 2. The standard InChI is InChI=1S/C22H16N2O5S2/c1-29-22(26)14-8-10-15(11-9-14)23-19-13-18(16-5-2-3-6-17(16)21(19)25)24-31(27,28)20-7-4-12-30-20/h2-13,23H,1H3/b24-18-. The fraction of sp³-hybridized carbons (Fsp3) is 0.0455. The zero-order valence-electron chi connectivity index (χ0n) is 16.2. The highest BCUT2D eigenvalue weighted by atomic mass is 32.2. The van der Waals surface area contributed by atoms with Crippen molar-refractivity contribution >= 4 is 44.5 Å². The first-order chi connectivity index (χ1) is 14.9. The fourth-order valence-electron chi connectivity index (χ4n) is 3.05. The molecule has 0 fully saturated rings. The number of sulfonamides is 1. The molecule has 7 nitrogen and oxygen atoms in total. The number of ketones is 1. The van der Waals surface area contributed by atoms with Crippen molar-refractivity contribution in [1.29, 1.82) is 0 Å². The Balaban J connectivity index is 1.74. The molecule has 0 spiro atoms. The molecule has 4 rings (SSSR count). The van der Waals surface area contributed by atoms with E-state index in [4.69, 9.17) is 0 Å². The molecule has 156 valence electrons. The molecule has 31 heavy (non-hydrogen) atoms. The van der Waals surface area contributed by atoms with Crippen LogP contribution in [0.4, 0.5) is 5.69 Å². The largest absolute Gasteiger partial charge is 0.465 e. The Labute approximate surface area is 182 Å². The number of ether oxygens (including phenoxy) is 1.